The normalized spacial score (nSPS) is 30.6. The number of piperazine rings is 1. The Kier molecular flexibility index (Phi) is 3.43. The minimum absolute atomic E-state index is 0.0659. The van der Waals surface area contributed by atoms with Crippen molar-refractivity contribution in [1.29, 1.82) is 0 Å². The van der Waals surface area contributed by atoms with Crippen LogP contribution in [0.1, 0.15) is 19.8 Å². The van der Waals surface area contributed by atoms with Crippen LogP contribution < -0.4 is 5.32 Å². The maximum absolute atomic E-state index is 12.1. The van der Waals surface area contributed by atoms with Crippen LogP contribution >= 0.6 is 0 Å². The van der Waals surface area contributed by atoms with Crippen LogP contribution in [0.5, 0.6) is 0 Å². The third-order valence-corrected chi connectivity index (χ3v) is 4.50. The molecule has 2 rings (SSSR count). The van der Waals surface area contributed by atoms with Crippen molar-refractivity contribution in [3.63, 3.8) is 0 Å². The van der Waals surface area contributed by atoms with Crippen LogP contribution in [-0.2, 0) is 19.4 Å². The summed E-state index contributed by atoms with van der Waals surface area (Å²) in [6.45, 7) is 1.86. The highest BCUT2D eigenvalue weighted by Gasteiger charge is 2.38. The molecular formula is C11H16N2O4S. The van der Waals surface area contributed by atoms with E-state index in [0.29, 0.717) is 6.42 Å². The van der Waals surface area contributed by atoms with Gasteiger partial charge in [0, 0.05) is 5.41 Å². The Labute approximate surface area is 106 Å². The Morgan fingerprint density at radius 1 is 1.44 bits per heavy atom. The molecule has 100 valence electrons. The van der Waals surface area contributed by atoms with Gasteiger partial charge in [-0.2, -0.15) is 0 Å². The summed E-state index contributed by atoms with van der Waals surface area (Å²) in [7, 11) is -3.22. The van der Waals surface area contributed by atoms with Crippen molar-refractivity contribution in [3.8, 4) is 0 Å². The monoisotopic (exact) mass is 272 g/mol. The van der Waals surface area contributed by atoms with Crippen molar-refractivity contribution in [2.45, 2.75) is 31.8 Å². The largest absolute Gasteiger partial charge is 0.343 e. The molecule has 2 unspecified atom stereocenters. The van der Waals surface area contributed by atoms with Gasteiger partial charge in [-0.05, 0) is 12.5 Å². The average molecular weight is 272 g/mol. The van der Waals surface area contributed by atoms with Gasteiger partial charge in [-0.3, -0.25) is 9.59 Å². The van der Waals surface area contributed by atoms with Crippen molar-refractivity contribution in [2.24, 2.45) is 0 Å². The van der Waals surface area contributed by atoms with E-state index in [1.165, 1.54) is 11.0 Å². The fourth-order valence-corrected chi connectivity index (χ4v) is 3.55. The third-order valence-electron chi connectivity index (χ3n) is 3.12. The minimum atomic E-state index is -3.22. The summed E-state index contributed by atoms with van der Waals surface area (Å²) < 4.78 is 22.7. The lowest BCUT2D eigenvalue weighted by molar-refractivity contribution is -0.145. The van der Waals surface area contributed by atoms with E-state index in [2.05, 4.69) is 5.32 Å². The molecule has 6 nitrogen and oxygen atoms in total. The maximum Gasteiger partial charge on any atom is 0.246 e. The molecule has 1 N–H and O–H groups in total. The number of rotatable bonds is 3. The summed E-state index contributed by atoms with van der Waals surface area (Å²) in [6, 6.07) is -1.03. The predicted octanol–water partition coefficient (Wildman–Crippen LogP) is -0.576. The fourth-order valence-electron chi connectivity index (χ4n) is 2.25. The van der Waals surface area contributed by atoms with Gasteiger partial charge >= 0.3 is 0 Å². The number of sulfone groups is 1. The van der Waals surface area contributed by atoms with Crippen LogP contribution in [0.15, 0.2) is 11.5 Å². The molecule has 0 spiro atoms. The second kappa shape index (κ2) is 4.72. The highest BCUT2D eigenvalue weighted by atomic mass is 32.2. The van der Waals surface area contributed by atoms with Gasteiger partial charge < -0.3 is 10.2 Å². The molecule has 18 heavy (non-hydrogen) atoms. The van der Waals surface area contributed by atoms with Crippen LogP contribution in [0.4, 0.5) is 0 Å². The van der Waals surface area contributed by atoms with Crippen LogP contribution in [0.3, 0.4) is 0 Å². The number of amides is 2. The highest BCUT2D eigenvalue weighted by Crippen LogP contribution is 2.18. The molecule has 0 aromatic carbocycles. The quantitative estimate of drug-likeness (QED) is 0.745. The van der Waals surface area contributed by atoms with Crippen molar-refractivity contribution in [2.75, 3.05) is 12.3 Å². The van der Waals surface area contributed by atoms with Gasteiger partial charge in [0.25, 0.3) is 0 Å². The van der Waals surface area contributed by atoms with E-state index in [9.17, 15) is 18.0 Å². The lowest BCUT2D eigenvalue weighted by Gasteiger charge is -2.35. The summed E-state index contributed by atoms with van der Waals surface area (Å²) in [5, 5.41) is 3.75. The Bertz CT molecular complexity index is 497. The Morgan fingerprint density at radius 3 is 2.72 bits per heavy atom. The molecule has 2 aliphatic rings. The maximum atomic E-state index is 12.1. The Balaban J connectivity index is 2.15. The molecule has 2 atom stereocenters. The zero-order valence-corrected chi connectivity index (χ0v) is 10.9. The van der Waals surface area contributed by atoms with Gasteiger partial charge in [0.15, 0.2) is 9.84 Å². The van der Waals surface area contributed by atoms with Crippen molar-refractivity contribution in [1.82, 2.24) is 10.2 Å². The van der Waals surface area contributed by atoms with E-state index in [0.717, 1.165) is 11.8 Å². The molecule has 0 aliphatic carbocycles. The lowest BCUT2D eigenvalue weighted by atomic mass is 10.1. The zero-order valence-electron chi connectivity index (χ0n) is 10.1. The zero-order chi connectivity index (χ0) is 13.3. The minimum Gasteiger partial charge on any atom is -0.343 e. The van der Waals surface area contributed by atoms with Gasteiger partial charge in [-0.25, -0.2) is 8.42 Å². The van der Waals surface area contributed by atoms with Crippen LogP contribution in [-0.4, -0.2) is 49.5 Å². The molecule has 0 aromatic heterocycles. The molecule has 0 aromatic rings. The van der Waals surface area contributed by atoms with Gasteiger partial charge in [-0.15, -0.1) is 0 Å². The Hall–Kier alpha value is -1.37. The lowest BCUT2D eigenvalue weighted by Crippen LogP contribution is -2.60. The van der Waals surface area contributed by atoms with Gasteiger partial charge in [0.1, 0.15) is 12.6 Å². The smallest absolute Gasteiger partial charge is 0.246 e. The first-order valence-electron chi connectivity index (χ1n) is 5.94. The number of carbonyl (C=O) groups is 2. The first-order chi connectivity index (χ1) is 8.43. The summed E-state index contributed by atoms with van der Waals surface area (Å²) in [5.41, 5.74) is 0. The van der Waals surface area contributed by atoms with E-state index in [4.69, 9.17) is 0 Å². The number of hydrogen-bond acceptors (Lipinski definition) is 4. The van der Waals surface area contributed by atoms with E-state index < -0.39 is 21.9 Å². The van der Waals surface area contributed by atoms with Crippen LogP contribution in [0, 0.1) is 0 Å². The van der Waals surface area contributed by atoms with Crippen LogP contribution in [0.25, 0.3) is 0 Å². The average Bonchev–Trinajstić information content (AvgIpc) is 2.64. The van der Waals surface area contributed by atoms with Crippen molar-refractivity contribution >= 4 is 21.7 Å². The molecule has 0 saturated carbocycles. The second-order valence-electron chi connectivity index (χ2n) is 4.60. The third kappa shape index (κ3) is 2.55. The van der Waals surface area contributed by atoms with Gasteiger partial charge in [0.05, 0.1) is 11.8 Å². The summed E-state index contributed by atoms with van der Waals surface area (Å²) in [5.74, 6) is -0.542. The van der Waals surface area contributed by atoms with Crippen molar-refractivity contribution < 1.29 is 18.0 Å². The number of nitrogens with one attached hydrogen (secondary N) is 1. The number of nitrogens with zero attached hydrogens (tertiary/aromatic N) is 1. The molecule has 7 heteroatoms. The number of carbonyl (C=O) groups excluding carboxylic acids is 2. The van der Waals surface area contributed by atoms with Crippen molar-refractivity contribution in [3.05, 3.63) is 11.5 Å². The molecule has 2 aliphatic heterocycles. The van der Waals surface area contributed by atoms with Gasteiger partial charge in [0.2, 0.25) is 11.8 Å². The first-order valence-corrected chi connectivity index (χ1v) is 7.65. The molecule has 0 bridgehead atoms. The molecule has 1 saturated heterocycles. The molecule has 2 heterocycles. The van der Waals surface area contributed by atoms with E-state index in [1.807, 2.05) is 6.92 Å². The fraction of sp³-hybridized carbons (Fsp3) is 0.636. The summed E-state index contributed by atoms with van der Waals surface area (Å²) in [6.07, 6.45) is 2.84. The highest BCUT2D eigenvalue weighted by molar-refractivity contribution is 7.94. The molecule has 1 fully saturated rings. The molecular weight excluding hydrogens is 256 g/mol. The van der Waals surface area contributed by atoms with E-state index in [-0.39, 0.29) is 24.1 Å². The topological polar surface area (TPSA) is 83.6 Å². The molecule has 2 amide bonds. The molecule has 0 radical (unpaired) electrons. The SMILES string of the molecule is CCCC1NC(=O)CN(C2C=CS(=O)(=O)C2)C1=O. The first kappa shape index (κ1) is 13.1. The number of hydrogen-bond donors (Lipinski definition) is 1. The standard InChI is InChI=1S/C11H16N2O4S/c1-2-3-9-11(15)13(6-10(14)12-9)8-4-5-18(16,17)7-8/h4-5,8-9H,2-3,6-7H2,1H3,(H,12,14). The predicted molar refractivity (Wildman–Crippen MR) is 65.3 cm³/mol. The van der Waals surface area contributed by atoms with E-state index >= 15 is 0 Å². The van der Waals surface area contributed by atoms with Gasteiger partial charge in [-0.1, -0.05) is 13.3 Å². The second-order valence-corrected chi connectivity index (χ2v) is 6.53. The van der Waals surface area contributed by atoms with Crippen LogP contribution in [0.2, 0.25) is 0 Å². The summed E-state index contributed by atoms with van der Waals surface area (Å²) >= 11 is 0. The van der Waals surface area contributed by atoms with E-state index in [1.54, 1.807) is 0 Å². The summed E-state index contributed by atoms with van der Waals surface area (Å²) in [4.78, 5) is 25.0. The Morgan fingerprint density at radius 2 is 2.17 bits per heavy atom.